The van der Waals surface area contributed by atoms with E-state index in [1.807, 2.05) is 32.7 Å². The molecule has 126 valence electrons. The van der Waals surface area contributed by atoms with Gasteiger partial charge in [-0.1, -0.05) is 0 Å². The average Bonchev–Trinajstić information content (AvgIpc) is 2.48. The number of piperazine rings is 1. The minimum atomic E-state index is -0.957. The molecule has 1 atom stereocenters. The molecule has 7 nitrogen and oxygen atoms in total. The number of hydrogen-bond acceptors (Lipinski definition) is 5. The predicted molar refractivity (Wildman–Crippen MR) is 88.3 cm³/mol. The molecule has 0 amide bonds. The molecule has 1 unspecified atom stereocenters. The van der Waals surface area contributed by atoms with Crippen LogP contribution in [0.4, 0.5) is 11.4 Å². The molecule has 1 aromatic rings. The van der Waals surface area contributed by atoms with Crippen molar-refractivity contribution in [1.82, 2.24) is 4.90 Å². The summed E-state index contributed by atoms with van der Waals surface area (Å²) in [7, 11) is 1.86. The van der Waals surface area contributed by atoms with Gasteiger partial charge < -0.3 is 14.9 Å². The number of rotatable bonds is 3. The van der Waals surface area contributed by atoms with E-state index in [0.717, 1.165) is 16.7 Å². The predicted octanol–water partition coefficient (Wildman–Crippen LogP) is 2.03. The molecular formula is C16H23N3O4. The molecular weight excluding hydrogens is 298 g/mol. The van der Waals surface area contributed by atoms with Crippen LogP contribution in [0.5, 0.6) is 0 Å². The number of nitro groups is 1. The van der Waals surface area contributed by atoms with Crippen molar-refractivity contribution in [1.29, 1.82) is 0 Å². The van der Waals surface area contributed by atoms with E-state index in [2.05, 4.69) is 0 Å². The highest BCUT2D eigenvalue weighted by atomic mass is 16.6. The Balaban J connectivity index is 2.70. The van der Waals surface area contributed by atoms with Crippen LogP contribution in [0.25, 0.3) is 0 Å². The van der Waals surface area contributed by atoms with Gasteiger partial charge in [0.1, 0.15) is 11.7 Å². The molecule has 1 aliphatic rings. The number of aliphatic carboxylic acids is 1. The maximum atomic E-state index is 11.7. The number of carboxylic acids is 1. The van der Waals surface area contributed by atoms with Gasteiger partial charge in [0.2, 0.25) is 0 Å². The van der Waals surface area contributed by atoms with Crippen molar-refractivity contribution in [3.8, 4) is 0 Å². The van der Waals surface area contributed by atoms with Gasteiger partial charge in [-0.25, -0.2) is 4.79 Å². The molecule has 0 spiro atoms. The number of hydrogen-bond donors (Lipinski definition) is 1. The summed E-state index contributed by atoms with van der Waals surface area (Å²) in [6, 6.07) is -0.785. The molecule has 1 heterocycles. The molecule has 1 N–H and O–H groups in total. The summed E-state index contributed by atoms with van der Waals surface area (Å²) in [4.78, 5) is 26.6. The molecule has 0 aliphatic carbocycles. The highest BCUT2D eigenvalue weighted by Gasteiger charge is 2.37. The number of anilines is 1. The maximum Gasteiger partial charge on any atom is 0.327 e. The third kappa shape index (κ3) is 2.88. The Morgan fingerprint density at radius 1 is 1.13 bits per heavy atom. The fourth-order valence-corrected chi connectivity index (χ4v) is 3.25. The minimum absolute atomic E-state index is 0.0291. The van der Waals surface area contributed by atoms with Crippen LogP contribution >= 0.6 is 0 Å². The second-order valence-corrected chi connectivity index (χ2v) is 6.26. The smallest absolute Gasteiger partial charge is 0.327 e. The SMILES string of the molecule is Cc1c(C)c(C)c([N+](=O)[O-])c(N2CCN(C)CC2C(=O)O)c1C. The van der Waals surface area contributed by atoms with Crippen LogP contribution < -0.4 is 4.90 Å². The Hall–Kier alpha value is -2.15. The number of likely N-dealkylation sites (N-methyl/N-ethyl adjacent to an activating group) is 1. The highest BCUT2D eigenvalue weighted by Crippen LogP contribution is 2.40. The Morgan fingerprint density at radius 3 is 2.22 bits per heavy atom. The molecule has 1 aliphatic heterocycles. The lowest BCUT2D eigenvalue weighted by Gasteiger charge is -2.40. The van der Waals surface area contributed by atoms with Crippen LogP contribution in [0.3, 0.4) is 0 Å². The fraction of sp³-hybridized carbons (Fsp3) is 0.562. The topological polar surface area (TPSA) is 86.9 Å². The van der Waals surface area contributed by atoms with Crippen LogP contribution in [-0.2, 0) is 4.79 Å². The van der Waals surface area contributed by atoms with Gasteiger partial charge in [-0.3, -0.25) is 10.1 Å². The number of carboxylic acid groups (broad SMARTS) is 1. The van der Waals surface area contributed by atoms with Crippen molar-refractivity contribution in [2.45, 2.75) is 33.7 Å². The van der Waals surface area contributed by atoms with E-state index in [4.69, 9.17) is 0 Å². The van der Waals surface area contributed by atoms with Gasteiger partial charge in [-0.2, -0.15) is 0 Å². The van der Waals surface area contributed by atoms with E-state index < -0.39 is 12.0 Å². The first-order chi connectivity index (χ1) is 10.7. The largest absolute Gasteiger partial charge is 0.480 e. The Morgan fingerprint density at radius 2 is 1.70 bits per heavy atom. The first-order valence-electron chi connectivity index (χ1n) is 7.59. The summed E-state index contributed by atoms with van der Waals surface area (Å²) < 4.78 is 0. The van der Waals surface area contributed by atoms with Gasteiger partial charge in [0.05, 0.1) is 4.92 Å². The average molecular weight is 321 g/mol. The van der Waals surface area contributed by atoms with Crippen molar-refractivity contribution in [2.24, 2.45) is 0 Å². The summed E-state index contributed by atoms with van der Waals surface area (Å²) in [5.41, 5.74) is 3.74. The standard InChI is InChI=1S/C16H23N3O4/c1-9-10(2)12(4)15(19(22)23)14(11(9)3)18-7-6-17(5)8-13(18)16(20)21/h13H,6-8H2,1-5H3,(H,20,21). The Labute approximate surface area is 135 Å². The number of benzene rings is 1. The van der Waals surface area contributed by atoms with Gasteiger partial charge in [0, 0.05) is 25.2 Å². The van der Waals surface area contributed by atoms with Gasteiger partial charge in [0.15, 0.2) is 0 Å². The van der Waals surface area contributed by atoms with Crippen LogP contribution in [0.2, 0.25) is 0 Å². The van der Waals surface area contributed by atoms with Crippen molar-refractivity contribution in [3.63, 3.8) is 0 Å². The summed E-state index contributed by atoms with van der Waals surface area (Å²) >= 11 is 0. The van der Waals surface area contributed by atoms with Crippen LogP contribution in [-0.4, -0.2) is 53.6 Å². The van der Waals surface area contributed by atoms with E-state index in [0.29, 0.717) is 30.9 Å². The lowest BCUT2D eigenvalue weighted by molar-refractivity contribution is -0.384. The van der Waals surface area contributed by atoms with Crippen molar-refractivity contribution in [2.75, 3.05) is 31.6 Å². The van der Waals surface area contributed by atoms with Gasteiger partial charge in [-0.15, -0.1) is 0 Å². The summed E-state index contributed by atoms with van der Waals surface area (Å²) in [6.45, 7) is 8.84. The first-order valence-corrected chi connectivity index (χ1v) is 7.59. The normalized spacial score (nSPS) is 19.0. The van der Waals surface area contributed by atoms with Crippen LogP contribution in [0.1, 0.15) is 22.3 Å². The maximum absolute atomic E-state index is 11.7. The van der Waals surface area contributed by atoms with Crippen LogP contribution in [0.15, 0.2) is 0 Å². The molecule has 0 bridgehead atoms. The summed E-state index contributed by atoms with van der Waals surface area (Å²) in [6.07, 6.45) is 0. The molecule has 1 saturated heterocycles. The molecule has 1 aromatic carbocycles. The van der Waals surface area contributed by atoms with Crippen molar-refractivity contribution >= 4 is 17.3 Å². The van der Waals surface area contributed by atoms with Crippen LogP contribution in [0, 0.1) is 37.8 Å². The lowest BCUT2D eigenvalue weighted by atomic mass is 9.94. The second-order valence-electron chi connectivity index (χ2n) is 6.26. The molecule has 7 heteroatoms. The van der Waals surface area contributed by atoms with E-state index in [1.54, 1.807) is 11.8 Å². The molecule has 23 heavy (non-hydrogen) atoms. The third-order valence-corrected chi connectivity index (χ3v) is 4.96. The monoisotopic (exact) mass is 321 g/mol. The van der Waals surface area contributed by atoms with Crippen molar-refractivity contribution < 1.29 is 14.8 Å². The fourth-order valence-electron chi connectivity index (χ4n) is 3.25. The second kappa shape index (κ2) is 6.16. The van der Waals surface area contributed by atoms with Gasteiger partial charge >= 0.3 is 5.97 Å². The molecule has 0 aromatic heterocycles. The van der Waals surface area contributed by atoms with Gasteiger partial charge in [0.25, 0.3) is 5.69 Å². The Kier molecular flexibility index (Phi) is 4.61. The zero-order valence-electron chi connectivity index (χ0n) is 14.2. The molecule has 0 saturated carbocycles. The van der Waals surface area contributed by atoms with E-state index in [-0.39, 0.29) is 10.6 Å². The molecule has 2 rings (SSSR count). The third-order valence-electron chi connectivity index (χ3n) is 4.96. The summed E-state index contributed by atoms with van der Waals surface area (Å²) in [5, 5.41) is 21.2. The van der Waals surface area contributed by atoms with Gasteiger partial charge in [-0.05, 0) is 51.4 Å². The minimum Gasteiger partial charge on any atom is -0.480 e. The van der Waals surface area contributed by atoms with E-state index in [1.165, 1.54) is 0 Å². The van der Waals surface area contributed by atoms with Crippen molar-refractivity contribution in [3.05, 3.63) is 32.4 Å². The van der Waals surface area contributed by atoms with E-state index >= 15 is 0 Å². The number of nitrogens with zero attached hydrogens (tertiary/aromatic N) is 3. The zero-order chi connectivity index (χ0) is 17.5. The number of carbonyl (C=O) groups is 1. The summed E-state index contributed by atoms with van der Waals surface area (Å²) in [5.74, 6) is -0.957. The lowest BCUT2D eigenvalue weighted by Crippen LogP contribution is -2.56. The first kappa shape index (κ1) is 17.2. The Bertz CT molecular complexity index is 672. The zero-order valence-corrected chi connectivity index (χ0v) is 14.2. The highest BCUT2D eigenvalue weighted by molar-refractivity contribution is 5.83. The quantitative estimate of drug-likeness (QED) is 0.677. The van der Waals surface area contributed by atoms with E-state index in [9.17, 15) is 20.0 Å². The number of nitro benzene ring substituents is 1. The molecule has 0 radical (unpaired) electrons. The molecule has 1 fully saturated rings.